The molecule has 2 N–H and O–H groups in total. The number of halogens is 2. The minimum atomic E-state index is 0.355. The Labute approximate surface area is 108 Å². The second-order valence-corrected chi connectivity index (χ2v) is 4.99. The first kappa shape index (κ1) is 11.7. The fourth-order valence-corrected chi connectivity index (χ4v) is 2.32. The monoisotopic (exact) mass is 301 g/mol. The van der Waals surface area contributed by atoms with Gasteiger partial charge in [0.15, 0.2) is 5.96 Å². The van der Waals surface area contributed by atoms with E-state index < -0.39 is 0 Å². The Balaban J connectivity index is 2.35. The highest BCUT2D eigenvalue weighted by Gasteiger charge is 2.25. The SMILES string of the molecule is CCC1CN=C(N)N1c1ccc(Cl)c(Br)c1. The molecule has 1 aromatic rings. The van der Waals surface area contributed by atoms with Crippen molar-refractivity contribution in [3.63, 3.8) is 0 Å². The Kier molecular flexibility index (Phi) is 3.40. The van der Waals surface area contributed by atoms with E-state index in [4.69, 9.17) is 17.3 Å². The Hall–Kier alpha value is -0.740. The van der Waals surface area contributed by atoms with Crippen LogP contribution < -0.4 is 10.6 Å². The standard InChI is InChI=1S/C11H13BrClN3/c1-2-7-6-15-11(14)16(7)8-3-4-10(13)9(12)5-8/h3-5,7H,2,6H2,1H3,(H2,14,15). The lowest BCUT2D eigenvalue weighted by molar-refractivity contribution is 0.684. The van der Waals surface area contributed by atoms with Crippen LogP contribution in [0, 0.1) is 0 Å². The van der Waals surface area contributed by atoms with Crippen molar-refractivity contribution in [2.75, 3.05) is 11.4 Å². The molecule has 5 heteroatoms. The molecule has 0 aliphatic carbocycles. The van der Waals surface area contributed by atoms with Crippen molar-refractivity contribution >= 4 is 39.2 Å². The van der Waals surface area contributed by atoms with E-state index in [1.165, 1.54) is 0 Å². The highest BCUT2D eigenvalue weighted by atomic mass is 79.9. The smallest absolute Gasteiger partial charge is 0.196 e. The van der Waals surface area contributed by atoms with Gasteiger partial charge in [0.05, 0.1) is 17.6 Å². The minimum Gasteiger partial charge on any atom is -0.370 e. The normalized spacial score (nSPS) is 20.1. The van der Waals surface area contributed by atoms with Crippen molar-refractivity contribution in [2.24, 2.45) is 10.7 Å². The molecule has 1 aromatic carbocycles. The van der Waals surface area contributed by atoms with Crippen molar-refractivity contribution < 1.29 is 0 Å². The van der Waals surface area contributed by atoms with Gasteiger partial charge in [0.2, 0.25) is 0 Å². The third-order valence-electron chi connectivity index (χ3n) is 2.73. The number of guanidine groups is 1. The molecule has 1 heterocycles. The summed E-state index contributed by atoms with van der Waals surface area (Å²) in [4.78, 5) is 6.33. The zero-order chi connectivity index (χ0) is 11.7. The van der Waals surface area contributed by atoms with Gasteiger partial charge in [-0.05, 0) is 40.5 Å². The van der Waals surface area contributed by atoms with Gasteiger partial charge in [-0.1, -0.05) is 18.5 Å². The number of nitrogens with zero attached hydrogens (tertiary/aromatic N) is 2. The van der Waals surface area contributed by atoms with Crippen LogP contribution in [0.15, 0.2) is 27.7 Å². The zero-order valence-corrected chi connectivity index (χ0v) is 11.3. The summed E-state index contributed by atoms with van der Waals surface area (Å²) < 4.78 is 0.876. The van der Waals surface area contributed by atoms with Crippen molar-refractivity contribution in [2.45, 2.75) is 19.4 Å². The molecule has 1 aliphatic rings. The molecule has 0 bridgehead atoms. The number of hydrogen-bond acceptors (Lipinski definition) is 3. The van der Waals surface area contributed by atoms with E-state index in [9.17, 15) is 0 Å². The van der Waals surface area contributed by atoms with Crippen LogP contribution in [0.4, 0.5) is 5.69 Å². The molecule has 1 aliphatic heterocycles. The summed E-state index contributed by atoms with van der Waals surface area (Å²) in [6.45, 7) is 2.90. The molecule has 1 unspecified atom stereocenters. The number of aliphatic imine (C=N–C) groups is 1. The molecule has 0 saturated heterocycles. The maximum Gasteiger partial charge on any atom is 0.196 e. The largest absolute Gasteiger partial charge is 0.370 e. The van der Waals surface area contributed by atoms with Crippen LogP contribution in [0.1, 0.15) is 13.3 Å². The maximum atomic E-state index is 5.97. The van der Waals surface area contributed by atoms with Crippen LogP contribution in [0.3, 0.4) is 0 Å². The Morgan fingerprint density at radius 1 is 1.62 bits per heavy atom. The van der Waals surface area contributed by atoms with E-state index in [1.54, 1.807) is 0 Å². The van der Waals surface area contributed by atoms with E-state index in [0.29, 0.717) is 17.0 Å². The van der Waals surface area contributed by atoms with Gasteiger partial charge in [0.1, 0.15) is 0 Å². The molecule has 3 nitrogen and oxygen atoms in total. The molecular weight excluding hydrogens is 289 g/mol. The lowest BCUT2D eigenvalue weighted by atomic mass is 10.2. The molecule has 0 fully saturated rings. The highest BCUT2D eigenvalue weighted by Crippen LogP contribution is 2.30. The quantitative estimate of drug-likeness (QED) is 0.912. The van der Waals surface area contributed by atoms with Crippen LogP contribution in [-0.4, -0.2) is 18.5 Å². The lowest BCUT2D eigenvalue weighted by Gasteiger charge is -2.25. The summed E-state index contributed by atoms with van der Waals surface area (Å²) in [6.07, 6.45) is 1.02. The number of nitrogens with two attached hydrogens (primary N) is 1. The summed E-state index contributed by atoms with van der Waals surface area (Å²) in [5.41, 5.74) is 6.92. The number of hydrogen-bond donors (Lipinski definition) is 1. The zero-order valence-electron chi connectivity index (χ0n) is 8.95. The van der Waals surface area contributed by atoms with E-state index in [0.717, 1.165) is 23.1 Å². The van der Waals surface area contributed by atoms with Gasteiger partial charge in [0.25, 0.3) is 0 Å². The first-order valence-corrected chi connectivity index (χ1v) is 6.34. The molecule has 0 amide bonds. The van der Waals surface area contributed by atoms with Crippen molar-refractivity contribution in [3.05, 3.63) is 27.7 Å². The van der Waals surface area contributed by atoms with Crippen LogP contribution >= 0.6 is 27.5 Å². The molecule has 0 spiro atoms. The van der Waals surface area contributed by atoms with Crippen LogP contribution in [0.25, 0.3) is 0 Å². The van der Waals surface area contributed by atoms with Crippen LogP contribution in [0.5, 0.6) is 0 Å². The van der Waals surface area contributed by atoms with Crippen LogP contribution in [-0.2, 0) is 0 Å². The number of anilines is 1. The van der Waals surface area contributed by atoms with Crippen molar-refractivity contribution in [3.8, 4) is 0 Å². The van der Waals surface area contributed by atoms with Crippen molar-refractivity contribution in [1.82, 2.24) is 0 Å². The molecule has 0 saturated carbocycles. The fraction of sp³-hybridized carbons (Fsp3) is 0.364. The molecule has 1 atom stereocenters. The van der Waals surface area contributed by atoms with Gasteiger partial charge in [0, 0.05) is 10.2 Å². The van der Waals surface area contributed by atoms with Gasteiger partial charge in [-0.25, -0.2) is 0 Å². The molecule has 0 aromatic heterocycles. The molecule has 0 radical (unpaired) electrons. The van der Waals surface area contributed by atoms with Gasteiger partial charge >= 0.3 is 0 Å². The van der Waals surface area contributed by atoms with Gasteiger partial charge in [-0.3, -0.25) is 4.99 Å². The lowest BCUT2D eigenvalue weighted by Crippen LogP contribution is -2.40. The summed E-state index contributed by atoms with van der Waals surface area (Å²) in [6, 6.07) is 6.15. The predicted octanol–water partition coefficient (Wildman–Crippen LogP) is 3.02. The molecular formula is C11H13BrClN3. The molecule has 86 valence electrons. The third kappa shape index (κ3) is 2.04. The second-order valence-electron chi connectivity index (χ2n) is 3.73. The third-order valence-corrected chi connectivity index (χ3v) is 3.94. The Morgan fingerprint density at radius 2 is 2.38 bits per heavy atom. The predicted molar refractivity (Wildman–Crippen MR) is 72.2 cm³/mol. The molecule has 2 rings (SSSR count). The Morgan fingerprint density at radius 3 is 3.00 bits per heavy atom. The van der Waals surface area contributed by atoms with E-state index in [1.807, 2.05) is 18.2 Å². The second kappa shape index (κ2) is 4.63. The number of rotatable bonds is 2. The summed E-state index contributed by atoms with van der Waals surface area (Å²) in [5.74, 6) is 0.584. The average molecular weight is 303 g/mol. The molecule has 16 heavy (non-hydrogen) atoms. The average Bonchev–Trinajstić information content (AvgIpc) is 2.64. The first-order valence-electron chi connectivity index (χ1n) is 5.17. The van der Waals surface area contributed by atoms with E-state index >= 15 is 0 Å². The van der Waals surface area contributed by atoms with Crippen molar-refractivity contribution in [1.29, 1.82) is 0 Å². The van der Waals surface area contributed by atoms with E-state index in [-0.39, 0.29) is 0 Å². The van der Waals surface area contributed by atoms with Gasteiger partial charge in [-0.2, -0.15) is 0 Å². The summed E-state index contributed by atoms with van der Waals surface area (Å²) in [5, 5.41) is 0.700. The van der Waals surface area contributed by atoms with Gasteiger partial charge in [-0.15, -0.1) is 0 Å². The highest BCUT2D eigenvalue weighted by molar-refractivity contribution is 9.10. The van der Waals surface area contributed by atoms with Gasteiger partial charge < -0.3 is 10.6 Å². The van der Waals surface area contributed by atoms with Crippen LogP contribution in [0.2, 0.25) is 5.02 Å². The maximum absolute atomic E-state index is 5.97. The minimum absolute atomic E-state index is 0.355. The number of benzene rings is 1. The first-order chi connectivity index (χ1) is 7.63. The Bertz CT molecular complexity index is 433. The fourth-order valence-electron chi connectivity index (χ4n) is 1.83. The summed E-state index contributed by atoms with van der Waals surface area (Å²) in [7, 11) is 0. The van der Waals surface area contributed by atoms with E-state index in [2.05, 4.69) is 32.7 Å². The summed E-state index contributed by atoms with van der Waals surface area (Å²) >= 11 is 9.38. The topological polar surface area (TPSA) is 41.6 Å².